The zero-order chi connectivity index (χ0) is 17.3. The minimum absolute atomic E-state index is 0.0526. The first-order valence-electron chi connectivity index (χ1n) is 7.61. The quantitative estimate of drug-likeness (QED) is 0.519. The summed E-state index contributed by atoms with van der Waals surface area (Å²) in [6, 6.07) is 9.51. The van der Waals surface area contributed by atoms with Crippen LogP contribution < -0.4 is 0 Å². The van der Waals surface area contributed by atoms with Gasteiger partial charge in [0.25, 0.3) is 5.91 Å². The molecule has 1 saturated heterocycles. The molecule has 0 bridgehead atoms. The summed E-state index contributed by atoms with van der Waals surface area (Å²) in [4.78, 5) is 14.6. The summed E-state index contributed by atoms with van der Waals surface area (Å²) in [5.41, 5.74) is 1.93. The lowest BCUT2D eigenvalue weighted by Crippen LogP contribution is -2.28. The van der Waals surface area contributed by atoms with E-state index in [-0.39, 0.29) is 5.91 Å². The second-order valence-corrected chi connectivity index (χ2v) is 7.58. The summed E-state index contributed by atoms with van der Waals surface area (Å²) in [6.07, 6.45) is 2.62. The third-order valence-corrected chi connectivity index (χ3v) is 5.46. The fourth-order valence-electron chi connectivity index (χ4n) is 2.38. The fraction of sp³-hybridized carbons (Fsp3) is 0.222. The third-order valence-electron chi connectivity index (χ3n) is 3.68. The molecular weight excluding hydrogens is 362 g/mol. The number of thioether (sulfide) groups is 1. The van der Waals surface area contributed by atoms with E-state index < -0.39 is 0 Å². The number of rotatable bonds is 4. The van der Waals surface area contributed by atoms with Crippen LogP contribution in [0.2, 0.25) is 5.02 Å². The highest BCUT2D eigenvalue weighted by atomic mass is 35.5. The highest BCUT2D eigenvalue weighted by molar-refractivity contribution is 8.26. The Bertz CT molecular complexity index is 841. The van der Waals surface area contributed by atoms with Crippen LogP contribution in [0.15, 0.2) is 39.7 Å². The summed E-state index contributed by atoms with van der Waals surface area (Å²) < 4.78 is 6.44. The number of hydrogen-bond donors (Lipinski definition) is 0. The highest BCUT2D eigenvalue weighted by Gasteiger charge is 2.31. The molecule has 2 heterocycles. The molecule has 1 amide bonds. The molecule has 2 aromatic rings. The first-order chi connectivity index (χ1) is 11.5. The number of thiocarbonyl (C=S) groups is 1. The second-order valence-electron chi connectivity index (χ2n) is 5.50. The monoisotopic (exact) mass is 377 g/mol. The normalized spacial score (nSPS) is 16.5. The SMILES string of the molecule is CCCN1C(=O)C(=Cc2ccc(-c3ccc(C)c(Cl)c3)o2)SC1=S. The molecule has 24 heavy (non-hydrogen) atoms. The lowest BCUT2D eigenvalue weighted by Gasteiger charge is -2.11. The van der Waals surface area contributed by atoms with Gasteiger partial charge in [-0.25, -0.2) is 0 Å². The molecule has 124 valence electrons. The van der Waals surface area contributed by atoms with Crippen LogP contribution in [0.5, 0.6) is 0 Å². The van der Waals surface area contributed by atoms with Crippen molar-refractivity contribution in [2.45, 2.75) is 20.3 Å². The van der Waals surface area contributed by atoms with Crippen molar-refractivity contribution in [3.63, 3.8) is 0 Å². The van der Waals surface area contributed by atoms with Crippen molar-refractivity contribution in [1.29, 1.82) is 0 Å². The molecule has 3 nitrogen and oxygen atoms in total. The van der Waals surface area contributed by atoms with Gasteiger partial charge >= 0.3 is 0 Å². The Morgan fingerprint density at radius 1 is 1.33 bits per heavy atom. The van der Waals surface area contributed by atoms with Gasteiger partial charge in [0.2, 0.25) is 0 Å². The van der Waals surface area contributed by atoms with Gasteiger partial charge < -0.3 is 4.42 Å². The van der Waals surface area contributed by atoms with Crippen molar-refractivity contribution < 1.29 is 9.21 Å². The Hall–Kier alpha value is -1.56. The number of carbonyl (C=O) groups excluding carboxylic acids is 1. The Labute approximate surface area is 155 Å². The molecule has 1 aromatic heterocycles. The van der Waals surface area contributed by atoms with Gasteiger partial charge in [-0.2, -0.15) is 0 Å². The number of aryl methyl sites for hydroxylation is 1. The minimum Gasteiger partial charge on any atom is -0.457 e. The van der Waals surface area contributed by atoms with Gasteiger partial charge in [-0.1, -0.05) is 54.6 Å². The van der Waals surface area contributed by atoms with Crippen molar-refractivity contribution in [3.8, 4) is 11.3 Å². The maximum absolute atomic E-state index is 12.4. The lowest BCUT2D eigenvalue weighted by molar-refractivity contribution is -0.122. The molecule has 0 radical (unpaired) electrons. The van der Waals surface area contributed by atoms with Gasteiger partial charge in [-0.15, -0.1) is 0 Å². The topological polar surface area (TPSA) is 33.5 Å². The van der Waals surface area contributed by atoms with Crippen LogP contribution in [0.1, 0.15) is 24.7 Å². The van der Waals surface area contributed by atoms with Crippen LogP contribution in [0.25, 0.3) is 17.4 Å². The van der Waals surface area contributed by atoms with Crippen LogP contribution in [0.4, 0.5) is 0 Å². The van der Waals surface area contributed by atoms with E-state index >= 15 is 0 Å². The molecule has 0 saturated carbocycles. The van der Waals surface area contributed by atoms with Gasteiger partial charge in [0.05, 0.1) is 4.91 Å². The van der Waals surface area contributed by atoms with Gasteiger partial charge in [0.1, 0.15) is 15.8 Å². The van der Waals surface area contributed by atoms with Crippen LogP contribution in [0.3, 0.4) is 0 Å². The number of nitrogens with zero attached hydrogens (tertiary/aromatic N) is 1. The van der Waals surface area contributed by atoms with Crippen LogP contribution in [0, 0.1) is 6.92 Å². The minimum atomic E-state index is -0.0526. The predicted octanol–water partition coefficient (Wildman–Crippen LogP) is 5.52. The summed E-state index contributed by atoms with van der Waals surface area (Å²) in [6.45, 7) is 4.62. The number of halogens is 1. The molecule has 1 aromatic carbocycles. The van der Waals surface area contributed by atoms with E-state index in [4.69, 9.17) is 28.2 Å². The van der Waals surface area contributed by atoms with E-state index in [2.05, 4.69) is 0 Å². The van der Waals surface area contributed by atoms with Gasteiger partial charge in [-0.05, 0) is 37.1 Å². The van der Waals surface area contributed by atoms with Crippen molar-refractivity contribution in [2.75, 3.05) is 6.54 Å². The second kappa shape index (κ2) is 7.13. The maximum atomic E-state index is 12.4. The number of benzene rings is 1. The molecule has 1 aliphatic rings. The first kappa shape index (κ1) is 17.3. The smallest absolute Gasteiger partial charge is 0.266 e. The van der Waals surface area contributed by atoms with E-state index in [0.29, 0.717) is 32.3 Å². The molecule has 6 heteroatoms. The molecular formula is C18H16ClNO2S2. The highest BCUT2D eigenvalue weighted by Crippen LogP contribution is 2.34. The average molecular weight is 378 g/mol. The van der Waals surface area contributed by atoms with E-state index in [1.807, 2.05) is 44.2 Å². The van der Waals surface area contributed by atoms with E-state index in [0.717, 1.165) is 17.5 Å². The van der Waals surface area contributed by atoms with Crippen molar-refractivity contribution in [2.24, 2.45) is 0 Å². The van der Waals surface area contributed by atoms with Gasteiger partial charge in [0.15, 0.2) is 0 Å². The summed E-state index contributed by atoms with van der Waals surface area (Å²) >= 11 is 12.7. The summed E-state index contributed by atoms with van der Waals surface area (Å²) in [5.74, 6) is 1.29. The van der Waals surface area contributed by atoms with Crippen LogP contribution in [-0.4, -0.2) is 21.7 Å². The molecule has 0 unspecified atom stereocenters. The molecule has 1 aliphatic heterocycles. The number of hydrogen-bond acceptors (Lipinski definition) is 4. The zero-order valence-electron chi connectivity index (χ0n) is 13.3. The van der Waals surface area contributed by atoms with Crippen LogP contribution >= 0.6 is 35.6 Å². The molecule has 1 fully saturated rings. The molecule has 0 spiro atoms. The molecule has 0 N–H and O–H groups in total. The fourth-order valence-corrected chi connectivity index (χ4v) is 3.85. The summed E-state index contributed by atoms with van der Waals surface area (Å²) in [7, 11) is 0. The van der Waals surface area contributed by atoms with Gasteiger partial charge in [-0.3, -0.25) is 9.69 Å². The number of furan rings is 1. The first-order valence-corrected chi connectivity index (χ1v) is 9.21. The zero-order valence-corrected chi connectivity index (χ0v) is 15.7. The van der Waals surface area contributed by atoms with Crippen molar-refractivity contribution in [3.05, 3.63) is 51.6 Å². The average Bonchev–Trinajstić information content (AvgIpc) is 3.11. The molecule has 0 atom stereocenters. The van der Waals surface area contributed by atoms with E-state index in [9.17, 15) is 4.79 Å². The summed E-state index contributed by atoms with van der Waals surface area (Å²) in [5, 5.41) is 0.700. The van der Waals surface area contributed by atoms with E-state index in [1.165, 1.54) is 11.8 Å². The Balaban J connectivity index is 1.85. The van der Waals surface area contributed by atoms with Crippen molar-refractivity contribution in [1.82, 2.24) is 4.90 Å². The Morgan fingerprint density at radius 2 is 2.12 bits per heavy atom. The van der Waals surface area contributed by atoms with Crippen molar-refractivity contribution >= 4 is 51.9 Å². The van der Waals surface area contributed by atoms with Gasteiger partial charge in [0, 0.05) is 23.2 Å². The van der Waals surface area contributed by atoms with Crippen LogP contribution in [-0.2, 0) is 4.79 Å². The predicted molar refractivity (Wildman–Crippen MR) is 104 cm³/mol. The maximum Gasteiger partial charge on any atom is 0.266 e. The number of amides is 1. The molecule has 0 aliphatic carbocycles. The Morgan fingerprint density at radius 3 is 2.83 bits per heavy atom. The lowest BCUT2D eigenvalue weighted by atomic mass is 10.1. The number of carbonyl (C=O) groups is 1. The largest absolute Gasteiger partial charge is 0.457 e. The standard InChI is InChI=1S/C18H16ClNO2S2/c1-3-8-20-17(21)16(24-18(20)23)10-13-6-7-15(22-13)12-5-4-11(2)14(19)9-12/h4-7,9-10H,3,8H2,1-2H3. The van der Waals surface area contributed by atoms with E-state index in [1.54, 1.807) is 11.0 Å². The molecule has 3 rings (SSSR count). The third kappa shape index (κ3) is 3.43. The Kier molecular flexibility index (Phi) is 5.13.